The van der Waals surface area contributed by atoms with Crippen LogP contribution in [0.2, 0.25) is 0 Å². The molecule has 0 aliphatic heterocycles. The first-order valence-corrected chi connectivity index (χ1v) is 7.64. The fraction of sp³-hybridized carbons (Fsp3) is 0.211. The highest BCUT2D eigenvalue weighted by Gasteiger charge is 2.07. The summed E-state index contributed by atoms with van der Waals surface area (Å²) in [5, 5.41) is 0. The molecule has 0 fully saturated rings. The van der Waals surface area contributed by atoms with E-state index in [1.54, 1.807) is 0 Å². The minimum Gasteiger partial charge on any atom is -0.380 e. The zero-order valence-electron chi connectivity index (χ0n) is 12.8. The topological polar surface area (TPSA) is 27.1 Å². The molecule has 3 nitrogen and oxygen atoms in total. The van der Waals surface area contributed by atoms with Gasteiger partial charge in [-0.3, -0.25) is 0 Å². The monoisotopic (exact) mass is 292 g/mol. The number of hydrogen-bond acceptors (Lipinski definition) is 2. The Morgan fingerprint density at radius 2 is 1.77 bits per heavy atom. The SMILES string of the molecule is CCOCCn1c(/C=C/c2ccccc2)nc2ccccc21. The fourth-order valence-corrected chi connectivity index (χ4v) is 2.49. The third-order valence-corrected chi connectivity index (χ3v) is 3.57. The summed E-state index contributed by atoms with van der Waals surface area (Å²) in [6.45, 7) is 4.26. The smallest absolute Gasteiger partial charge is 0.133 e. The van der Waals surface area contributed by atoms with E-state index >= 15 is 0 Å². The van der Waals surface area contributed by atoms with Crippen LogP contribution in [0.5, 0.6) is 0 Å². The number of ether oxygens (including phenoxy) is 1. The second-order valence-electron chi connectivity index (χ2n) is 5.05. The molecule has 1 aromatic heterocycles. The van der Waals surface area contributed by atoms with Crippen LogP contribution in [0.4, 0.5) is 0 Å². The van der Waals surface area contributed by atoms with Crippen molar-refractivity contribution >= 4 is 23.2 Å². The van der Waals surface area contributed by atoms with Crippen molar-refractivity contribution in [3.8, 4) is 0 Å². The van der Waals surface area contributed by atoms with E-state index in [2.05, 4.69) is 34.9 Å². The molecule has 3 aromatic rings. The summed E-state index contributed by atoms with van der Waals surface area (Å²) in [7, 11) is 0. The number of benzene rings is 2. The number of nitrogens with zero attached hydrogens (tertiary/aromatic N) is 2. The van der Waals surface area contributed by atoms with Gasteiger partial charge in [0, 0.05) is 13.2 Å². The van der Waals surface area contributed by atoms with Crippen molar-refractivity contribution < 1.29 is 4.74 Å². The molecule has 1 heterocycles. The summed E-state index contributed by atoms with van der Waals surface area (Å²) >= 11 is 0. The van der Waals surface area contributed by atoms with Gasteiger partial charge < -0.3 is 9.30 Å². The average molecular weight is 292 g/mol. The molecule has 0 saturated carbocycles. The maximum atomic E-state index is 5.50. The number of para-hydroxylation sites is 2. The molecule has 0 aliphatic carbocycles. The predicted molar refractivity (Wildman–Crippen MR) is 91.6 cm³/mol. The van der Waals surface area contributed by atoms with E-state index in [1.165, 1.54) is 5.56 Å². The van der Waals surface area contributed by atoms with E-state index in [4.69, 9.17) is 9.72 Å². The average Bonchev–Trinajstić information content (AvgIpc) is 2.92. The van der Waals surface area contributed by atoms with Crippen molar-refractivity contribution in [3.05, 3.63) is 66.0 Å². The first-order valence-electron chi connectivity index (χ1n) is 7.64. The molecule has 3 heteroatoms. The van der Waals surface area contributed by atoms with Crippen molar-refractivity contribution in [2.45, 2.75) is 13.5 Å². The van der Waals surface area contributed by atoms with Crippen LogP contribution in [0.3, 0.4) is 0 Å². The summed E-state index contributed by atoms with van der Waals surface area (Å²) in [5.74, 6) is 0.963. The Kier molecular flexibility index (Phi) is 4.66. The van der Waals surface area contributed by atoms with E-state index in [1.807, 2.05) is 43.3 Å². The summed E-state index contributed by atoms with van der Waals surface area (Å²) in [5.41, 5.74) is 3.34. The normalized spacial score (nSPS) is 11.5. The molecule has 0 N–H and O–H groups in total. The molecule has 112 valence electrons. The van der Waals surface area contributed by atoms with E-state index in [-0.39, 0.29) is 0 Å². The number of rotatable bonds is 6. The van der Waals surface area contributed by atoms with E-state index in [9.17, 15) is 0 Å². The highest BCUT2D eigenvalue weighted by Crippen LogP contribution is 2.18. The van der Waals surface area contributed by atoms with Crippen molar-refractivity contribution in [3.63, 3.8) is 0 Å². The second-order valence-corrected chi connectivity index (χ2v) is 5.05. The molecule has 0 radical (unpaired) electrons. The van der Waals surface area contributed by atoms with Crippen LogP contribution >= 0.6 is 0 Å². The van der Waals surface area contributed by atoms with Gasteiger partial charge in [0.05, 0.1) is 17.6 Å². The minimum absolute atomic E-state index is 0.697. The molecular formula is C19H20N2O. The molecule has 0 spiro atoms. The first-order chi connectivity index (χ1) is 10.9. The van der Waals surface area contributed by atoms with Crippen LogP contribution in [-0.4, -0.2) is 22.8 Å². The van der Waals surface area contributed by atoms with Gasteiger partial charge >= 0.3 is 0 Å². The summed E-state index contributed by atoms with van der Waals surface area (Å²) in [6, 6.07) is 18.5. The van der Waals surface area contributed by atoms with Crippen LogP contribution in [0, 0.1) is 0 Å². The molecular weight excluding hydrogens is 272 g/mol. The third kappa shape index (κ3) is 3.26. The molecule has 3 rings (SSSR count). The largest absolute Gasteiger partial charge is 0.380 e. The third-order valence-electron chi connectivity index (χ3n) is 3.57. The summed E-state index contributed by atoms with van der Waals surface area (Å²) in [4.78, 5) is 4.73. The molecule has 0 saturated heterocycles. The van der Waals surface area contributed by atoms with E-state index in [0.29, 0.717) is 6.61 Å². The van der Waals surface area contributed by atoms with Crippen molar-refractivity contribution in [1.29, 1.82) is 0 Å². The van der Waals surface area contributed by atoms with Crippen molar-refractivity contribution in [2.75, 3.05) is 13.2 Å². The van der Waals surface area contributed by atoms with Gasteiger partial charge in [0.15, 0.2) is 0 Å². The van der Waals surface area contributed by atoms with Crippen LogP contribution < -0.4 is 0 Å². The van der Waals surface area contributed by atoms with Gasteiger partial charge in [0.2, 0.25) is 0 Å². The summed E-state index contributed by atoms with van der Waals surface area (Å²) < 4.78 is 7.71. The Balaban J connectivity index is 1.93. The van der Waals surface area contributed by atoms with Gasteiger partial charge in [-0.15, -0.1) is 0 Å². The zero-order chi connectivity index (χ0) is 15.2. The Hall–Kier alpha value is -2.39. The van der Waals surface area contributed by atoms with Crippen LogP contribution in [-0.2, 0) is 11.3 Å². The maximum absolute atomic E-state index is 5.50. The Morgan fingerprint density at radius 3 is 2.59 bits per heavy atom. The van der Waals surface area contributed by atoms with Crippen LogP contribution in [0.1, 0.15) is 18.3 Å². The van der Waals surface area contributed by atoms with E-state index < -0.39 is 0 Å². The van der Waals surface area contributed by atoms with Crippen LogP contribution in [0.25, 0.3) is 23.2 Å². The lowest BCUT2D eigenvalue weighted by Gasteiger charge is -2.07. The molecule has 0 atom stereocenters. The lowest BCUT2D eigenvalue weighted by Crippen LogP contribution is -2.07. The predicted octanol–water partition coefficient (Wildman–Crippen LogP) is 4.24. The van der Waals surface area contributed by atoms with Gasteiger partial charge in [0.25, 0.3) is 0 Å². The Morgan fingerprint density at radius 1 is 1.00 bits per heavy atom. The Bertz CT molecular complexity index is 759. The highest BCUT2D eigenvalue weighted by atomic mass is 16.5. The standard InChI is InChI=1S/C19H20N2O/c1-2-22-15-14-21-18-11-7-6-10-17(18)20-19(21)13-12-16-8-4-3-5-9-16/h3-13H,2,14-15H2,1H3/b13-12+. The molecule has 0 amide bonds. The number of imidazole rings is 1. The van der Waals surface area contributed by atoms with Gasteiger partial charge in [-0.2, -0.15) is 0 Å². The lowest BCUT2D eigenvalue weighted by atomic mass is 10.2. The van der Waals surface area contributed by atoms with Crippen molar-refractivity contribution in [2.24, 2.45) is 0 Å². The number of fused-ring (bicyclic) bond motifs is 1. The molecule has 0 bridgehead atoms. The summed E-state index contributed by atoms with van der Waals surface area (Å²) in [6.07, 6.45) is 4.17. The van der Waals surface area contributed by atoms with E-state index in [0.717, 1.165) is 30.0 Å². The second kappa shape index (κ2) is 7.05. The molecule has 22 heavy (non-hydrogen) atoms. The van der Waals surface area contributed by atoms with Gasteiger partial charge in [-0.1, -0.05) is 48.5 Å². The molecule has 0 unspecified atom stereocenters. The lowest BCUT2D eigenvalue weighted by molar-refractivity contribution is 0.139. The van der Waals surface area contributed by atoms with Gasteiger partial charge in [-0.25, -0.2) is 4.98 Å². The van der Waals surface area contributed by atoms with Gasteiger partial charge in [0.1, 0.15) is 5.82 Å². The highest BCUT2D eigenvalue weighted by molar-refractivity contribution is 5.79. The quantitative estimate of drug-likeness (QED) is 0.635. The minimum atomic E-state index is 0.697. The first kappa shape index (κ1) is 14.5. The number of hydrogen-bond donors (Lipinski definition) is 0. The zero-order valence-corrected chi connectivity index (χ0v) is 12.8. The van der Waals surface area contributed by atoms with Crippen molar-refractivity contribution in [1.82, 2.24) is 9.55 Å². The molecule has 2 aromatic carbocycles. The number of aromatic nitrogens is 2. The fourth-order valence-electron chi connectivity index (χ4n) is 2.49. The molecule has 0 aliphatic rings. The van der Waals surface area contributed by atoms with Crippen LogP contribution in [0.15, 0.2) is 54.6 Å². The maximum Gasteiger partial charge on any atom is 0.133 e. The van der Waals surface area contributed by atoms with Gasteiger partial charge in [-0.05, 0) is 30.7 Å². The Labute approximate surface area is 130 Å².